The highest BCUT2D eigenvalue weighted by molar-refractivity contribution is 5.90. The lowest BCUT2D eigenvalue weighted by atomic mass is 10.1. The lowest BCUT2D eigenvalue weighted by Gasteiger charge is -2.35. The zero-order valence-electron chi connectivity index (χ0n) is 15.6. The van der Waals surface area contributed by atoms with Crippen molar-refractivity contribution in [3.05, 3.63) is 59.4 Å². The summed E-state index contributed by atoms with van der Waals surface area (Å²) in [5, 5.41) is 8.25. The molecule has 1 atom stereocenters. The summed E-state index contributed by atoms with van der Waals surface area (Å²) in [6.45, 7) is 5.80. The Morgan fingerprint density at radius 3 is 2.68 bits per heavy atom. The summed E-state index contributed by atoms with van der Waals surface area (Å²) in [5.74, 6) is 0.621. The molecule has 1 fully saturated rings. The highest BCUT2D eigenvalue weighted by Crippen LogP contribution is 2.34. The number of halogens is 2. The van der Waals surface area contributed by atoms with E-state index in [0.29, 0.717) is 6.54 Å². The molecule has 2 aliphatic heterocycles. The number of nitrogens with zero attached hydrogens (tertiary/aromatic N) is 4. The van der Waals surface area contributed by atoms with Gasteiger partial charge in [-0.25, -0.2) is 8.78 Å². The molecular formula is C21H23F2N5. The van der Waals surface area contributed by atoms with Gasteiger partial charge in [0.2, 0.25) is 0 Å². The predicted molar refractivity (Wildman–Crippen MR) is 105 cm³/mol. The van der Waals surface area contributed by atoms with E-state index in [9.17, 15) is 8.78 Å². The Hall–Kier alpha value is -2.51. The Bertz CT molecular complexity index is 980. The number of rotatable bonds is 4. The molecule has 0 radical (unpaired) electrons. The second-order valence-electron chi connectivity index (χ2n) is 7.57. The summed E-state index contributed by atoms with van der Waals surface area (Å²) in [4.78, 5) is 6.52. The maximum atomic E-state index is 14.6. The highest BCUT2D eigenvalue weighted by atomic mass is 19.1. The number of H-pyrrole nitrogens is 1. The number of hydrogen-bond donors (Lipinski definition) is 1. The number of fused-ring (bicyclic) bond motifs is 2. The van der Waals surface area contributed by atoms with Crippen molar-refractivity contribution in [2.75, 3.05) is 44.2 Å². The van der Waals surface area contributed by atoms with Gasteiger partial charge >= 0.3 is 0 Å². The normalized spacial score (nSPS) is 20.8. The number of alkyl halides is 1. The molecule has 7 heteroatoms. The molecule has 0 spiro atoms. The number of piperazine rings is 1. The van der Waals surface area contributed by atoms with Crippen LogP contribution in [0.5, 0.6) is 0 Å². The van der Waals surface area contributed by atoms with Gasteiger partial charge in [0, 0.05) is 56.8 Å². The number of aromatic nitrogens is 2. The van der Waals surface area contributed by atoms with Gasteiger partial charge in [-0.05, 0) is 23.8 Å². The molecule has 0 bridgehead atoms. The molecule has 0 unspecified atom stereocenters. The van der Waals surface area contributed by atoms with Crippen molar-refractivity contribution in [2.45, 2.75) is 12.8 Å². The fraction of sp³-hybridized carbons (Fsp3) is 0.381. The van der Waals surface area contributed by atoms with E-state index in [-0.39, 0.29) is 5.82 Å². The molecule has 1 aromatic heterocycles. The summed E-state index contributed by atoms with van der Waals surface area (Å²) in [6, 6.07) is 12.5. The topological polar surface area (TPSA) is 38.4 Å². The molecule has 1 saturated heterocycles. The fourth-order valence-corrected chi connectivity index (χ4v) is 4.27. The van der Waals surface area contributed by atoms with Gasteiger partial charge in [-0.1, -0.05) is 24.3 Å². The van der Waals surface area contributed by atoms with E-state index in [4.69, 9.17) is 0 Å². The van der Waals surface area contributed by atoms with Crippen molar-refractivity contribution in [3.63, 3.8) is 0 Å². The number of anilines is 1. The van der Waals surface area contributed by atoms with Crippen LogP contribution in [0.1, 0.15) is 17.4 Å². The van der Waals surface area contributed by atoms with Gasteiger partial charge in [0.25, 0.3) is 0 Å². The van der Waals surface area contributed by atoms with E-state index in [1.165, 1.54) is 12.1 Å². The molecule has 2 aromatic carbocycles. The van der Waals surface area contributed by atoms with Gasteiger partial charge in [-0.2, -0.15) is 5.10 Å². The van der Waals surface area contributed by atoms with Crippen molar-refractivity contribution < 1.29 is 8.78 Å². The van der Waals surface area contributed by atoms with Crippen molar-refractivity contribution >= 4 is 16.7 Å². The number of benzene rings is 2. The van der Waals surface area contributed by atoms with E-state index in [1.54, 1.807) is 6.07 Å². The fourth-order valence-electron chi connectivity index (χ4n) is 4.27. The smallest absolute Gasteiger partial charge is 0.180 e. The molecule has 5 nitrogen and oxygen atoms in total. The van der Waals surface area contributed by atoms with Crippen molar-refractivity contribution in [1.29, 1.82) is 0 Å². The van der Waals surface area contributed by atoms with Crippen LogP contribution >= 0.6 is 0 Å². The minimum absolute atomic E-state index is 0.261. The molecule has 146 valence electrons. The average Bonchev–Trinajstić information content (AvgIpc) is 3.28. The van der Waals surface area contributed by atoms with Crippen LogP contribution in [0, 0.1) is 5.82 Å². The second kappa shape index (κ2) is 7.14. The number of hydrogen-bond acceptors (Lipinski definition) is 4. The largest absolute Gasteiger partial charge is 0.352 e. The molecule has 0 saturated carbocycles. The van der Waals surface area contributed by atoms with Crippen molar-refractivity contribution in [2.24, 2.45) is 0 Å². The van der Waals surface area contributed by atoms with Gasteiger partial charge in [0.1, 0.15) is 5.82 Å². The molecule has 0 amide bonds. The molecular weight excluding hydrogens is 360 g/mol. The van der Waals surface area contributed by atoms with Gasteiger partial charge in [-0.15, -0.1) is 0 Å². The quantitative estimate of drug-likeness (QED) is 0.702. The first-order valence-electron chi connectivity index (χ1n) is 9.76. The Morgan fingerprint density at radius 2 is 1.86 bits per heavy atom. The average molecular weight is 383 g/mol. The van der Waals surface area contributed by atoms with Crippen LogP contribution in [-0.4, -0.2) is 59.3 Å². The Labute approximate surface area is 162 Å². The van der Waals surface area contributed by atoms with Crippen LogP contribution in [0.4, 0.5) is 14.6 Å². The van der Waals surface area contributed by atoms with E-state index in [2.05, 4.69) is 20.0 Å². The van der Waals surface area contributed by atoms with Crippen LogP contribution in [0.25, 0.3) is 10.9 Å². The van der Waals surface area contributed by atoms with E-state index in [1.807, 2.05) is 29.2 Å². The third-order valence-electron chi connectivity index (χ3n) is 5.89. The van der Waals surface area contributed by atoms with Crippen LogP contribution < -0.4 is 4.90 Å². The van der Waals surface area contributed by atoms with Crippen LogP contribution in [0.15, 0.2) is 42.5 Å². The third kappa shape index (κ3) is 3.14. The molecule has 0 aliphatic carbocycles. The predicted octanol–water partition coefficient (Wildman–Crippen LogP) is 3.31. The summed E-state index contributed by atoms with van der Waals surface area (Å²) in [6.07, 6.45) is -0.992. The van der Waals surface area contributed by atoms with E-state index < -0.39 is 6.30 Å². The van der Waals surface area contributed by atoms with E-state index in [0.717, 1.165) is 67.1 Å². The van der Waals surface area contributed by atoms with Gasteiger partial charge in [0.15, 0.2) is 12.1 Å². The SMILES string of the molecule is Fc1ccc2c(N3CCN(CCN4Cc5ccccc5[C@@H]4F)CC3)n[nH]c2c1. The summed E-state index contributed by atoms with van der Waals surface area (Å²) in [5.41, 5.74) is 2.64. The standard InChI is InChI=1S/C21H23F2N5/c22-16-5-6-18-19(13-16)24-25-21(18)27-10-7-26(8-11-27)9-12-28-14-15-3-1-2-4-17(15)20(28)23/h1-6,13,20H,7-12,14H2,(H,24,25)/t20-/m1/s1. The lowest BCUT2D eigenvalue weighted by Crippen LogP contribution is -2.48. The van der Waals surface area contributed by atoms with E-state index >= 15 is 0 Å². The Balaban J connectivity index is 1.17. The number of aromatic amines is 1. The molecule has 3 heterocycles. The lowest BCUT2D eigenvalue weighted by molar-refractivity contribution is 0.0818. The molecule has 28 heavy (non-hydrogen) atoms. The summed E-state index contributed by atoms with van der Waals surface area (Å²) in [7, 11) is 0. The maximum Gasteiger partial charge on any atom is 0.180 e. The monoisotopic (exact) mass is 383 g/mol. The van der Waals surface area contributed by atoms with Crippen molar-refractivity contribution in [3.8, 4) is 0 Å². The zero-order chi connectivity index (χ0) is 19.1. The Kier molecular flexibility index (Phi) is 4.49. The first-order valence-corrected chi connectivity index (χ1v) is 9.76. The Morgan fingerprint density at radius 1 is 1.04 bits per heavy atom. The highest BCUT2D eigenvalue weighted by Gasteiger charge is 2.30. The van der Waals surface area contributed by atoms with Crippen LogP contribution in [-0.2, 0) is 6.54 Å². The third-order valence-corrected chi connectivity index (χ3v) is 5.89. The first kappa shape index (κ1) is 17.6. The van der Waals surface area contributed by atoms with Crippen LogP contribution in [0.2, 0.25) is 0 Å². The van der Waals surface area contributed by atoms with Gasteiger partial charge in [-0.3, -0.25) is 14.9 Å². The molecule has 2 aliphatic rings. The van der Waals surface area contributed by atoms with Crippen LogP contribution in [0.3, 0.4) is 0 Å². The second-order valence-corrected chi connectivity index (χ2v) is 7.57. The van der Waals surface area contributed by atoms with Crippen molar-refractivity contribution in [1.82, 2.24) is 20.0 Å². The van der Waals surface area contributed by atoms with Gasteiger partial charge in [0.05, 0.1) is 5.52 Å². The minimum atomic E-state index is -0.992. The summed E-state index contributed by atoms with van der Waals surface area (Å²) >= 11 is 0. The number of nitrogens with one attached hydrogen (secondary N) is 1. The first-order chi connectivity index (χ1) is 13.7. The summed E-state index contributed by atoms with van der Waals surface area (Å²) < 4.78 is 28.0. The van der Waals surface area contributed by atoms with Gasteiger partial charge < -0.3 is 4.90 Å². The molecule has 5 rings (SSSR count). The zero-order valence-corrected chi connectivity index (χ0v) is 15.6. The molecule has 1 N–H and O–H groups in total. The maximum absolute atomic E-state index is 14.6. The minimum Gasteiger partial charge on any atom is -0.352 e. The molecule has 3 aromatic rings.